The van der Waals surface area contributed by atoms with E-state index in [0.717, 1.165) is 5.56 Å². The van der Waals surface area contributed by atoms with Crippen LogP contribution >= 0.6 is 0 Å². The van der Waals surface area contributed by atoms with Gasteiger partial charge in [-0.2, -0.15) is 0 Å². The highest BCUT2D eigenvalue weighted by atomic mass is 16.2. The number of amides is 1. The first-order valence-electron chi connectivity index (χ1n) is 7.02. The lowest BCUT2D eigenvalue weighted by atomic mass is 9.92. The van der Waals surface area contributed by atoms with Crippen molar-refractivity contribution in [3.8, 4) is 0 Å². The fourth-order valence-corrected chi connectivity index (χ4v) is 2.24. The van der Waals surface area contributed by atoms with E-state index in [9.17, 15) is 4.79 Å². The molecule has 3 heteroatoms. The molecule has 0 saturated carbocycles. The lowest BCUT2D eigenvalue weighted by Gasteiger charge is -2.26. The molecular formula is C16H26N2O. The molecule has 0 radical (unpaired) electrons. The second-order valence-electron chi connectivity index (χ2n) is 5.73. The summed E-state index contributed by atoms with van der Waals surface area (Å²) in [7, 11) is 0. The van der Waals surface area contributed by atoms with Crippen molar-refractivity contribution in [3.05, 3.63) is 35.9 Å². The largest absolute Gasteiger partial charge is 0.349 e. The predicted molar refractivity (Wildman–Crippen MR) is 79.5 cm³/mol. The van der Waals surface area contributed by atoms with Crippen LogP contribution in [0.4, 0.5) is 0 Å². The molecule has 0 heterocycles. The van der Waals surface area contributed by atoms with E-state index in [0.29, 0.717) is 12.5 Å². The Hall–Kier alpha value is -1.35. The van der Waals surface area contributed by atoms with Gasteiger partial charge < -0.3 is 11.1 Å². The number of rotatable bonds is 6. The molecule has 0 fully saturated rings. The number of nitrogens with two attached hydrogens (primary N) is 1. The van der Waals surface area contributed by atoms with Crippen LogP contribution in [-0.4, -0.2) is 12.5 Å². The zero-order valence-corrected chi connectivity index (χ0v) is 12.4. The first-order valence-corrected chi connectivity index (χ1v) is 7.02. The summed E-state index contributed by atoms with van der Waals surface area (Å²) >= 11 is 0. The van der Waals surface area contributed by atoms with Gasteiger partial charge in [-0.3, -0.25) is 4.79 Å². The van der Waals surface area contributed by atoms with Crippen LogP contribution in [0, 0.1) is 17.8 Å². The van der Waals surface area contributed by atoms with Gasteiger partial charge in [-0.1, -0.05) is 58.0 Å². The number of benzene rings is 1. The molecule has 1 rings (SSSR count). The Kier molecular flexibility index (Phi) is 6.03. The summed E-state index contributed by atoms with van der Waals surface area (Å²) in [5, 5.41) is 3.15. The quantitative estimate of drug-likeness (QED) is 0.828. The fourth-order valence-electron chi connectivity index (χ4n) is 2.24. The Morgan fingerprint density at radius 2 is 1.68 bits per heavy atom. The summed E-state index contributed by atoms with van der Waals surface area (Å²) in [6.45, 7) is 8.69. The van der Waals surface area contributed by atoms with E-state index in [1.165, 1.54) is 0 Å². The van der Waals surface area contributed by atoms with Crippen LogP contribution in [0.15, 0.2) is 30.3 Å². The van der Waals surface area contributed by atoms with Gasteiger partial charge >= 0.3 is 0 Å². The SMILES string of the molecule is CC(C)C(CN)C(=O)NC(c1ccccc1)C(C)C. The van der Waals surface area contributed by atoms with Crippen LogP contribution in [0.5, 0.6) is 0 Å². The van der Waals surface area contributed by atoms with Crippen molar-refractivity contribution >= 4 is 5.91 Å². The lowest BCUT2D eigenvalue weighted by Crippen LogP contribution is -2.41. The van der Waals surface area contributed by atoms with Crippen LogP contribution in [-0.2, 0) is 4.79 Å². The van der Waals surface area contributed by atoms with Gasteiger partial charge in [0.15, 0.2) is 0 Å². The number of hydrogen-bond donors (Lipinski definition) is 2. The third-order valence-electron chi connectivity index (χ3n) is 3.52. The van der Waals surface area contributed by atoms with Crippen molar-refractivity contribution in [2.24, 2.45) is 23.5 Å². The van der Waals surface area contributed by atoms with Crippen molar-refractivity contribution in [3.63, 3.8) is 0 Å². The molecule has 3 N–H and O–H groups in total. The van der Waals surface area contributed by atoms with E-state index >= 15 is 0 Å². The van der Waals surface area contributed by atoms with Crippen LogP contribution in [0.1, 0.15) is 39.3 Å². The predicted octanol–water partition coefficient (Wildman–Crippen LogP) is 2.73. The van der Waals surface area contributed by atoms with Gasteiger partial charge in [-0.25, -0.2) is 0 Å². The minimum atomic E-state index is -0.120. The summed E-state index contributed by atoms with van der Waals surface area (Å²) in [5.41, 5.74) is 6.85. The summed E-state index contributed by atoms with van der Waals surface area (Å²) < 4.78 is 0. The van der Waals surface area contributed by atoms with E-state index in [1.54, 1.807) is 0 Å². The number of carbonyl (C=O) groups excluding carboxylic acids is 1. The highest BCUT2D eigenvalue weighted by Gasteiger charge is 2.25. The maximum absolute atomic E-state index is 12.3. The molecule has 1 aromatic rings. The molecule has 1 amide bonds. The molecule has 19 heavy (non-hydrogen) atoms. The zero-order chi connectivity index (χ0) is 14.4. The molecule has 2 unspecified atom stereocenters. The monoisotopic (exact) mass is 262 g/mol. The van der Waals surface area contributed by atoms with Crippen LogP contribution in [0.3, 0.4) is 0 Å². The number of carbonyl (C=O) groups is 1. The molecule has 0 aromatic heterocycles. The molecule has 106 valence electrons. The average molecular weight is 262 g/mol. The van der Waals surface area contributed by atoms with Crippen LogP contribution in [0.2, 0.25) is 0 Å². The maximum atomic E-state index is 12.3. The van der Waals surface area contributed by atoms with Gasteiger partial charge in [0.05, 0.1) is 12.0 Å². The fraction of sp³-hybridized carbons (Fsp3) is 0.562. The lowest BCUT2D eigenvalue weighted by molar-refractivity contribution is -0.127. The van der Waals surface area contributed by atoms with Gasteiger partial charge in [0.2, 0.25) is 5.91 Å². The van der Waals surface area contributed by atoms with Gasteiger partial charge in [-0.05, 0) is 17.4 Å². The van der Waals surface area contributed by atoms with Gasteiger partial charge in [0.25, 0.3) is 0 Å². The highest BCUT2D eigenvalue weighted by Crippen LogP contribution is 2.22. The molecule has 1 aromatic carbocycles. The molecular weight excluding hydrogens is 236 g/mol. The molecule has 0 spiro atoms. The van der Waals surface area contributed by atoms with Crippen molar-refractivity contribution < 1.29 is 4.79 Å². The Morgan fingerprint density at radius 1 is 1.11 bits per heavy atom. The van der Waals surface area contributed by atoms with Crippen LogP contribution in [0.25, 0.3) is 0 Å². The third-order valence-corrected chi connectivity index (χ3v) is 3.52. The van der Waals surface area contributed by atoms with E-state index < -0.39 is 0 Å². The molecule has 0 aliphatic rings. The first kappa shape index (κ1) is 15.7. The minimum absolute atomic E-state index is 0.0431. The Bertz CT molecular complexity index is 387. The Balaban J connectivity index is 2.83. The van der Waals surface area contributed by atoms with Crippen molar-refractivity contribution in [2.75, 3.05) is 6.54 Å². The van der Waals surface area contributed by atoms with Crippen LogP contribution < -0.4 is 11.1 Å². The average Bonchev–Trinajstić information content (AvgIpc) is 2.37. The zero-order valence-electron chi connectivity index (χ0n) is 12.4. The standard InChI is InChI=1S/C16H26N2O/c1-11(2)14(10-17)16(19)18-15(12(3)4)13-8-6-5-7-9-13/h5-9,11-12,14-15H,10,17H2,1-4H3,(H,18,19). The molecule has 2 atom stereocenters. The molecule has 0 saturated heterocycles. The van der Waals surface area contributed by atoms with Gasteiger partial charge in [0, 0.05) is 6.54 Å². The van der Waals surface area contributed by atoms with E-state index in [1.807, 2.05) is 32.0 Å². The first-order chi connectivity index (χ1) is 8.97. The van der Waals surface area contributed by atoms with E-state index in [2.05, 4.69) is 31.3 Å². The van der Waals surface area contributed by atoms with E-state index in [-0.39, 0.29) is 23.8 Å². The third kappa shape index (κ3) is 4.35. The summed E-state index contributed by atoms with van der Waals surface area (Å²) in [6.07, 6.45) is 0. The van der Waals surface area contributed by atoms with Crippen molar-refractivity contribution in [1.82, 2.24) is 5.32 Å². The molecule has 3 nitrogen and oxygen atoms in total. The molecule has 0 aliphatic heterocycles. The summed E-state index contributed by atoms with van der Waals surface area (Å²) in [4.78, 5) is 12.3. The number of nitrogens with one attached hydrogen (secondary N) is 1. The summed E-state index contributed by atoms with van der Waals surface area (Å²) in [5.74, 6) is 0.538. The summed E-state index contributed by atoms with van der Waals surface area (Å²) in [6, 6.07) is 10.1. The van der Waals surface area contributed by atoms with E-state index in [4.69, 9.17) is 5.73 Å². The second kappa shape index (κ2) is 7.29. The second-order valence-corrected chi connectivity index (χ2v) is 5.73. The minimum Gasteiger partial charge on any atom is -0.349 e. The molecule has 0 aliphatic carbocycles. The molecule has 0 bridgehead atoms. The Morgan fingerprint density at radius 3 is 2.11 bits per heavy atom. The smallest absolute Gasteiger partial charge is 0.225 e. The van der Waals surface area contributed by atoms with Crippen molar-refractivity contribution in [1.29, 1.82) is 0 Å². The normalized spacial score (nSPS) is 14.5. The topological polar surface area (TPSA) is 55.1 Å². The van der Waals surface area contributed by atoms with Crippen molar-refractivity contribution in [2.45, 2.75) is 33.7 Å². The van der Waals surface area contributed by atoms with Gasteiger partial charge in [0.1, 0.15) is 0 Å². The maximum Gasteiger partial charge on any atom is 0.225 e. The Labute approximate surface area is 116 Å². The highest BCUT2D eigenvalue weighted by molar-refractivity contribution is 5.79. The number of hydrogen-bond acceptors (Lipinski definition) is 2. The van der Waals surface area contributed by atoms with Gasteiger partial charge in [-0.15, -0.1) is 0 Å².